The molecular weight excluding hydrogens is 492 g/mol. The molecule has 6 rings (SSSR count). The van der Waals surface area contributed by atoms with E-state index in [1.54, 1.807) is 12.1 Å². The number of aryl methyl sites for hydroxylation is 1. The Morgan fingerprint density at radius 1 is 0.846 bits per heavy atom. The lowest BCUT2D eigenvalue weighted by Crippen LogP contribution is -2.47. The molecule has 4 heterocycles. The van der Waals surface area contributed by atoms with E-state index in [4.69, 9.17) is 9.15 Å². The summed E-state index contributed by atoms with van der Waals surface area (Å²) in [5.74, 6) is -0.0825. The largest absolute Gasteiger partial charge is 0.459 e. The van der Waals surface area contributed by atoms with Gasteiger partial charge in [-0.15, -0.1) is 0 Å². The van der Waals surface area contributed by atoms with Gasteiger partial charge < -0.3 is 29.2 Å². The van der Waals surface area contributed by atoms with Gasteiger partial charge in [-0.2, -0.15) is 0 Å². The second-order valence-corrected chi connectivity index (χ2v) is 11.0. The Kier molecular flexibility index (Phi) is 7.04. The van der Waals surface area contributed by atoms with E-state index >= 15 is 0 Å². The smallest absolute Gasteiger partial charge is 0.291 e. The van der Waals surface area contributed by atoms with Gasteiger partial charge in [-0.1, -0.05) is 18.2 Å². The van der Waals surface area contributed by atoms with Gasteiger partial charge in [0.25, 0.3) is 11.8 Å². The molecule has 1 aromatic heterocycles. The first kappa shape index (κ1) is 25.5. The molecule has 204 valence electrons. The summed E-state index contributed by atoms with van der Waals surface area (Å²) in [5, 5.41) is 3.02. The number of furan rings is 1. The van der Waals surface area contributed by atoms with Gasteiger partial charge in [0.2, 0.25) is 0 Å². The summed E-state index contributed by atoms with van der Waals surface area (Å²) >= 11 is 0. The van der Waals surface area contributed by atoms with Crippen molar-refractivity contribution >= 4 is 28.9 Å². The number of carbonyl (C=O) groups is 2. The van der Waals surface area contributed by atoms with Crippen molar-refractivity contribution in [2.24, 2.45) is 5.41 Å². The molecule has 39 heavy (non-hydrogen) atoms. The molecule has 3 aliphatic heterocycles. The molecule has 8 nitrogen and oxygen atoms in total. The van der Waals surface area contributed by atoms with Gasteiger partial charge >= 0.3 is 0 Å². The minimum atomic E-state index is -0.328. The number of carbonyl (C=O) groups excluding carboxylic acids is 2. The minimum absolute atomic E-state index is 0.00758. The van der Waals surface area contributed by atoms with Crippen LogP contribution in [0.3, 0.4) is 0 Å². The molecule has 1 N–H and O–H groups in total. The van der Waals surface area contributed by atoms with Crippen molar-refractivity contribution in [1.29, 1.82) is 0 Å². The monoisotopic (exact) mass is 528 g/mol. The van der Waals surface area contributed by atoms with Crippen LogP contribution in [0, 0.1) is 12.3 Å². The van der Waals surface area contributed by atoms with Crippen molar-refractivity contribution < 1.29 is 18.7 Å². The molecule has 2 amide bonds. The normalized spacial score (nSPS) is 18.9. The van der Waals surface area contributed by atoms with Crippen LogP contribution in [0.2, 0.25) is 0 Å². The molecule has 1 spiro atoms. The number of hydrogen-bond acceptors (Lipinski definition) is 6. The van der Waals surface area contributed by atoms with Crippen LogP contribution in [-0.2, 0) is 4.74 Å². The van der Waals surface area contributed by atoms with Crippen molar-refractivity contribution in [3.05, 3.63) is 77.7 Å². The number of piperidine rings is 1. The fourth-order valence-corrected chi connectivity index (χ4v) is 6.15. The van der Waals surface area contributed by atoms with E-state index in [0.29, 0.717) is 11.3 Å². The molecule has 8 heteroatoms. The zero-order valence-corrected chi connectivity index (χ0v) is 22.5. The first-order chi connectivity index (χ1) is 19.0. The number of piperazine rings is 1. The van der Waals surface area contributed by atoms with Gasteiger partial charge in [0.15, 0.2) is 5.76 Å². The van der Waals surface area contributed by atoms with E-state index in [-0.39, 0.29) is 23.0 Å². The highest BCUT2D eigenvalue weighted by molar-refractivity contribution is 6.05. The lowest BCUT2D eigenvalue weighted by molar-refractivity contribution is 0.0532. The Labute approximate surface area is 229 Å². The average Bonchev–Trinajstić information content (AvgIpc) is 3.67. The quantitative estimate of drug-likeness (QED) is 0.512. The zero-order chi connectivity index (χ0) is 26.8. The first-order valence-corrected chi connectivity index (χ1v) is 13.9. The first-order valence-electron chi connectivity index (χ1n) is 13.9. The molecule has 0 saturated carbocycles. The van der Waals surface area contributed by atoms with E-state index in [2.05, 4.69) is 46.3 Å². The Morgan fingerprint density at radius 2 is 1.59 bits per heavy atom. The third-order valence-corrected chi connectivity index (χ3v) is 8.61. The highest BCUT2D eigenvalue weighted by Crippen LogP contribution is 2.39. The molecule has 0 atom stereocenters. The van der Waals surface area contributed by atoms with Gasteiger partial charge in [0.05, 0.1) is 24.2 Å². The molecular formula is C31H36N4O4. The number of nitrogens with zero attached hydrogens (tertiary/aromatic N) is 3. The van der Waals surface area contributed by atoms with E-state index < -0.39 is 0 Å². The summed E-state index contributed by atoms with van der Waals surface area (Å²) in [6, 6.07) is 17.5. The fourth-order valence-electron chi connectivity index (χ4n) is 6.15. The van der Waals surface area contributed by atoms with Crippen molar-refractivity contribution in [1.82, 2.24) is 4.90 Å². The molecule has 0 bridgehead atoms. The predicted octanol–water partition coefficient (Wildman–Crippen LogP) is 4.81. The van der Waals surface area contributed by atoms with Crippen LogP contribution in [0.1, 0.15) is 45.7 Å². The van der Waals surface area contributed by atoms with Crippen LogP contribution in [0.5, 0.6) is 0 Å². The number of ether oxygens (including phenoxy) is 1. The number of hydrogen-bond donors (Lipinski definition) is 1. The molecule has 3 fully saturated rings. The summed E-state index contributed by atoms with van der Waals surface area (Å²) in [6.45, 7) is 8.61. The van der Waals surface area contributed by atoms with Crippen LogP contribution in [0.15, 0.2) is 65.3 Å². The number of nitrogens with one attached hydrogen (secondary N) is 1. The van der Waals surface area contributed by atoms with Gasteiger partial charge in [0.1, 0.15) is 0 Å². The lowest BCUT2D eigenvalue weighted by atomic mass is 9.78. The van der Waals surface area contributed by atoms with Crippen LogP contribution in [0.25, 0.3) is 0 Å². The summed E-state index contributed by atoms with van der Waals surface area (Å²) < 4.78 is 11.0. The Balaban J connectivity index is 1.21. The van der Waals surface area contributed by atoms with Crippen LogP contribution < -0.4 is 15.1 Å². The lowest BCUT2D eigenvalue weighted by Gasteiger charge is -2.39. The predicted molar refractivity (Wildman–Crippen MR) is 152 cm³/mol. The molecule has 3 aliphatic rings. The number of rotatable bonds is 5. The molecule has 0 radical (unpaired) electrons. The van der Waals surface area contributed by atoms with E-state index in [0.717, 1.165) is 77.4 Å². The van der Waals surface area contributed by atoms with Crippen LogP contribution in [-0.4, -0.2) is 69.2 Å². The second-order valence-electron chi connectivity index (χ2n) is 11.0. The van der Waals surface area contributed by atoms with Gasteiger partial charge in [0, 0.05) is 57.1 Å². The number of anilines is 3. The zero-order valence-electron chi connectivity index (χ0n) is 22.5. The maximum atomic E-state index is 13.5. The molecule has 0 aliphatic carbocycles. The third kappa shape index (κ3) is 5.26. The summed E-state index contributed by atoms with van der Waals surface area (Å²) in [7, 11) is 0. The van der Waals surface area contributed by atoms with E-state index in [9.17, 15) is 9.59 Å². The maximum absolute atomic E-state index is 13.5. The molecule has 0 unspecified atom stereocenters. The van der Waals surface area contributed by atoms with Crippen molar-refractivity contribution in [3.8, 4) is 0 Å². The molecule has 3 saturated heterocycles. The van der Waals surface area contributed by atoms with Crippen LogP contribution in [0.4, 0.5) is 17.1 Å². The Bertz CT molecular complexity index is 1310. The molecule has 3 aromatic rings. The Morgan fingerprint density at radius 3 is 2.26 bits per heavy atom. The fraction of sp³-hybridized carbons (Fsp3) is 0.419. The number of para-hydroxylation sites is 1. The maximum Gasteiger partial charge on any atom is 0.291 e. The number of amides is 2. The van der Waals surface area contributed by atoms with Crippen molar-refractivity contribution in [3.63, 3.8) is 0 Å². The average molecular weight is 529 g/mol. The standard InChI is InChI=1S/C31H36N4O4/c1-23-5-2-3-6-26(23)33-15-17-34(18-16-33)27-9-8-24(21-25(27)32-29(36)28-7-4-19-39-28)30(37)35-13-10-31(11-14-35)12-20-38-22-31/h2-9,19,21H,10-18,20,22H2,1H3,(H,32,36). The van der Waals surface area contributed by atoms with Crippen molar-refractivity contribution in [2.75, 3.05) is 67.6 Å². The minimum Gasteiger partial charge on any atom is -0.459 e. The highest BCUT2D eigenvalue weighted by Gasteiger charge is 2.39. The van der Waals surface area contributed by atoms with Crippen molar-refractivity contribution in [2.45, 2.75) is 26.2 Å². The van der Waals surface area contributed by atoms with Gasteiger partial charge in [-0.05, 0) is 73.6 Å². The molecule has 2 aromatic carbocycles. The summed E-state index contributed by atoms with van der Waals surface area (Å²) in [5.41, 5.74) is 4.90. The number of likely N-dealkylation sites (tertiary alicyclic amines) is 1. The van der Waals surface area contributed by atoms with E-state index in [1.165, 1.54) is 17.5 Å². The van der Waals surface area contributed by atoms with Gasteiger partial charge in [-0.3, -0.25) is 9.59 Å². The summed E-state index contributed by atoms with van der Waals surface area (Å²) in [6.07, 6.45) is 4.52. The third-order valence-electron chi connectivity index (χ3n) is 8.61. The summed E-state index contributed by atoms with van der Waals surface area (Å²) in [4.78, 5) is 33.1. The number of benzene rings is 2. The SMILES string of the molecule is Cc1ccccc1N1CCN(c2ccc(C(=O)N3CCC4(CCOC4)CC3)cc2NC(=O)c2ccco2)CC1. The Hall–Kier alpha value is -3.78. The topological polar surface area (TPSA) is 78.3 Å². The second kappa shape index (κ2) is 10.8. The highest BCUT2D eigenvalue weighted by atomic mass is 16.5. The van der Waals surface area contributed by atoms with Crippen LogP contribution >= 0.6 is 0 Å². The van der Waals surface area contributed by atoms with E-state index in [1.807, 2.05) is 23.1 Å². The van der Waals surface area contributed by atoms with Gasteiger partial charge in [-0.25, -0.2) is 0 Å².